The van der Waals surface area contributed by atoms with Gasteiger partial charge in [0.15, 0.2) is 0 Å². The summed E-state index contributed by atoms with van der Waals surface area (Å²) in [6.07, 6.45) is -3.53. The number of halogens is 4. The highest BCUT2D eigenvalue weighted by Gasteiger charge is 2.39. The van der Waals surface area contributed by atoms with E-state index in [2.05, 4.69) is 0 Å². The van der Waals surface area contributed by atoms with Gasteiger partial charge in [0.1, 0.15) is 5.83 Å². The Kier molecular flexibility index (Phi) is 5.05. The molecule has 0 atom stereocenters. The molecule has 0 nitrogen and oxygen atoms in total. The summed E-state index contributed by atoms with van der Waals surface area (Å²) in [5, 5.41) is 0. The number of alkyl halides is 3. The molecule has 0 aromatic rings. The van der Waals surface area contributed by atoms with E-state index >= 15 is 0 Å². The third-order valence-electron chi connectivity index (χ3n) is 2.09. The fourth-order valence-electron chi connectivity index (χ4n) is 1.42. The molecule has 15 heavy (non-hydrogen) atoms. The summed E-state index contributed by atoms with van der Waals surface area (Å²) >= 11 is 0. The zero-order valence-electron chi connectivity index (χ0n) is 9.37. The highest BCUT2D eigenvalue weighted by molar-refractivity contribution is 5.37. The maximum absolute atomic E-state index is 13.2. The number of hydrogen-bond donors (Lipinski definition) is 0. The normalized spacial score (nSPS) is 15.7. The topological polar surface area (TPSA) is 0 Å². The highest BCUT2D eigenvalue weighted by atomic mass is 19.4. The first kappa shape index (κ1) is 14.2. The second kappa shape index (κ2) is 5.33. The molecule has 0 saturated heterocycles. The molecule has 0 aliphatic heterocycles. The van der Waals surface area contributed by atoms with Gasteiger partial charge in [0.25, 0.3) is 0 Å². The smallest absolute Gasteiger partial charge is 0.211 e. The predicted octanol–water partition coefficient (Wildman–Crippen LogP) is 4.78. The lowest BCUT2D eigenvalue weighted by Gasteiger charge is -2.19. The Balaban J connectivity index is 5.52. The van der Waals surface area contributed by atoms with Crippen molar-refractivity contribution in [3.63, 3.8) is 0 Å². The summed E-state index contributed by atoms with van der Waals surface area (Å²) in [7, 11) is 0. The van der Waals surface area contributed by atoms with Crippen LogP contribution in [0.2, 0.25) is 0 Å². The van der Waals surface area contributed by atoms with Gasteiger partial charge >= 0.3 is 6.18 Å². The van der Waals surface area contributed by atoms with Crippen LogP contribution in [0.3, 0.4) is 0 Å². The predicted molar refractivity (Wildman–Crippen MR) is 53.1 cm³/mol. The van der Waals surface area contributed by atoms with E-state index < -0.39 is 17.6 Å². The van der Waals surface area contributed by atoms with Crippen LogP contribution in [0.15, 0.2) is 23.0 Å². The van der Waals surface area contributed by atoms with Crippen molar-refractivity contribution in [3.8, 4) is 0 Å². The fraction of sp³-hybridized carbons (Fsp3) is 0.636. The average Bonchev–Trinajstić information content (AvgIpc) is 2.10. The quantitative estimate of drug-likeness (QED) is 0.478. The van der Waals surface area contributed by atoms with Crippen molar-refractivity contribution >= 4 is 0 Å². The van der Waals surface area contributed by atoms with Gasteiger partial charge in [-0.1, -0.05) is 26.8 Å². The molecule has 0 amide bonds. The van der Waals surface area contributed by atoms with Gasteiger partial charge < -0.3 is 0 Å². The lowest BCUT2D eigenvalue weighted by atomic mass is 9.93. The molecule has 0 heterocycles. The van der Waals surface area contributed by atoms with Crippen molar-refractivity contribution in [1.82, 2.24) is 0 Å². The van der Waals surface area contributed by atoms with Crippen LogP contribution in [0.1, 0.15) is 34.1 Å². The van der Waals surface area contributed by atoms with Crippen LogP contribution in [-0.4, -0.2) is 6.18 Å². The van der Waals surface area contributed by atoms with Gasteiger partial charge in [-0.25, -0.2) is 4.39 Å². The van der Waals surface area contributed by atoms with Crippen LogP contribution in [0.4, 0.5) is 17.6 Å². The van der Waals surface area contributed by atoms with Crippen molar-refractivity contribution in [2.45, 2.75) is 40.3 Å². The highest BCUT2D eigenvalue weighted by Crippen LogP contribution is 2.38. The Bertz CT molecular complexity index is 269. The zero-order chi connectivity index (χ0) is 12.2. The van der Waals surface area contributed by atoms with Gasteiger partial charge in [-0.15, -0.1) is 0 Å². The Morgan fingerprint density at radius 3 is 1.93 bits per heavy atom. The molecular weight excluding hydrogens is 208 g/mol. The molecule has 0 spiro atoms. The largest absolute Gasteiger partial charge is 0.419 e. The molecule has 0 aliphatic rings. The Morgan fingerprint density at radius 1 is 1.27 bits per heavy atom. The Hall–Kier alpha value is -0.800. The van der Waals surface area contributed by atoms with E-state index in [0.29, 0.717) is 0 Å². The molecule has 0 saturated carbocycles. The molecule has 0 fully saturated rings. The molecular formula is C11H16F4. The maximum atomic E-state index is 13.2. The third-order valence-corrected chi connectivity index (χ3v) is 2.09. The molecule has 0 N–H and O–H groups in total. The summed E-state index contributed by atoms with van der Waals surface area (Å²) < 4.78 is 51.1. The second-order valence-electron chi connectivity index (χ2n) is 3.53. The van der Waals surface area contributed by atoms with Gasteiger partial charge in [-0.2, -0.15) is 13.2 Å². The van der Waals surface area contributed by atoms with Crippen LogP contribution in [-0.2, 0) is 0 Å². The monoisotopic (exact) mass is 224 g/mol. The van der Waals surface area contributed by atoms with Gasteiger partial charge in [0.2, 0.25) is 0 Å². The third kappa shape index (κ3) is 3.68. The minimum atomic E-state index is -4.62. The minimum Gasteiger partial charge on any atom is -0.211 e. The van der Waals surface area contributed by atoms with E-state index in [0.717, 1.165) is 0 Å². The van der Waals surface area contributed by atoms with E-state index in [-0.39, 0.29) is 17.9 Å². The first-order valence-corrected chi connectivity index (χ1v) is 4.88. The molecule has 0 aliphatic carbocycles. The van der Waals surface area contributed by atoms with Gasteiger partial charge in [-0.05, 0) is 24.8 Å². The number of hydrogen-bond acceptors (Lipinski definition) is 0. The Labute approximate surface area is 87.7 Å². The SMILES string of the molecule is C/C=C(\C(=C(\F)CC)C(F)(F)F)C(C)C. The van der Waals surface area contributed by atoms with E-state index in [4.69, 9.17) is 0 Å². The van der Waals surface area contributed by atoms with Crippen LogP contribution in [0.25, 0.3) is 0 Å². The number of rotatable bonds is 3. The second-order valence-corrected chi connectivity index (χ2v) is 3.53. The first-order valence-electron chi connectivity index (χ1n) is 4.88. The van der Waals surface area contributed by atoms with E-state index in [1.807, 2.05) is 0 Å². The zero-order valence-corrected chi connectivity index (χ0v) is 9.37. The minimum absolute atomic E-state index is 0.0156. The number of allylic oxidation sites excluding steroid dienone is 4. The lowest BCUT2D eigenvalue weighted by molar-refractivity contribution is -0.0920. The molecule has 0 aromatic heterocycles. The summed E-state index contributed by atoms with van der Waals surface area (Å²) in [6, 6.07) is 0. The molecule has 0 aromatic carbocycles. The van der Waals surface area contributed by atoms with Gasteiger partial charge in [-0.3, -0.25) is 0 Å². The van der Waals surface area contributed by atoms with Crippen molar-refractivity contribution in [2.24, 2.45) is 5.92 Å². The molecule has 88 valence electrons. The molecule has 0 bridgehead atoms. The van der Waals surface area contributed by atoms with Crippen molar-refractivity contribution < 1.29 is 17.6 Å². The van der Waals surface area contributed by atoms with E-state index in [1.54, 1.807) is 13.8 Å². The average molecular weight is 224 g/mol. The fourth-order valence-corrected chi connectivity index (χ4v) is 1.42. The lowest BCUT2D eigenvalue weighted by Crippen LogP contribution is -2.18. The summed E-state index contributed by atoms with van der Waals surface area (Å²) in [5.74, 6) is -1.44. The summed E-state index contributed by atoms with van der Waals surface area (Å²) in [5.41, 5.74) is -1.09. The van der Waals surface area contributed by atoms with Crippen molar-refractivity contribution in [2.75, 3.05) is 0 Å². The van der Waals surface area contributed by atoms with Crippen LogP contribution >= 0.6 is 0 Å². The van der Waals surface area contributed by atoms with Crippen LogP contribution in [0, 0.1) is 5.92 Å². The maximum Gasteiger partial charge on any atom is 0.419 e. The van der Waals surface area contributed by atoms with Crippen molar-refractivity contribution in [1.29, 1.82) is 0 Å². The summed E-state index contributed by atoms with van der Waals surface area (Å²) in [6.45, 7) is 6.09. The van der Waals surface area contributed by atoms with E-state index in [9.17, 15) is 17.6 Å². The summed E-state index contributed by atoms with van der Waals surface area (Å²) in [4.78, 5) is 0. The standard InChI is InChI=1S/C11H16F4/c1-5-8(7(3)4)10(9(12)6-2)11(13,14)15/h5,7H,6H2,1-4H3/b8-5-,10-9-. The van der Waals surface area contributed by atoms with Crippen LogP contribution in [0.5, 0.6) is 0 Å². The molecule has 4 heteroatoms. The van der Waals surface area contributed by atoms with Crippen molar-refractivity contribution in [3.05, 3.63) is 23.0 Å². The van der Waals surface area contributed by atoms with E-state index in [1.165, 1.54) is 19.9 Å². The molecule has 0 radical (unpaired) electrons. The van der Waals surface area contributed by atoms with Gasteiger partial charge in [0, 0.05) is 0 Å². The molecule has 0 unspecified atom stereocenters. The Morgan fingerprint density at radius 2 is 1.73 bits per heavy atom. The molecule has 0 rings (SSSR count). The van der Waals surface area contributed by atoms with Gasteiger partial charge in [0.05, 0.1) is 5.57 Å². The van der Waals surface area contributed by atoms with Crippen LogP contribution < -0.4 is 0 Å². The first-order chi connectivity index (χ1) is 6.75.